The number of hydrogen-bond acceptors (Lipinski definition) is 16. The Labute approximate surface area is 400 Å². The van der Waals surface area contributed by atoms with E-state index in [4.69, 9.17) is 26.8 Å². The van der Waals surface area contributed by atoms with Gasteiger partial charge < -0.3 is 41.8 Å². The van der Waals surface area contributed by atoms with Crippen LogP contribution in [0.1, 0.15) is 117 Å². The predicted octanol–water partition coefficient (Wildman–Crippen LogP) is 9.77. The van der Waals surface area contributed by atoms with Crippen molar-refractivity contribution in [3.63, 3.8) is 0 Å². The first-order valence-electron chi connectivity index (χ1n) is 24.5. The summed E-state index contributed by atoms with van der Waals surface area (Å²) in [5.74, 6) is 1.63. The molecule has 0 spiro atoms. The third-order valence-electron chi connectivity index (χ3n) is 13.0. The molecule has 19 heteroatoms. The van der Waals surface area contributed by atoms with Crippen molar-refractivity contribution in [3.05, 3.63) is 53.3 Å². The summed E-state index contributed by atoms with van der Waals surface area (Å²) in [5.41, 5.74) is 6.61. The maximum atomic E-state index is 14.2. The molecule has 0 amide bonds. The van der Waals surface area contributed by atoms with Gasteiger partial charge in [-0.25, -0.2) is 8.78 Å². The zero-order chi connectivity index (χ0) is 47.4. The van der Waals surface area contributed by atoms with Crippen molar-refractivity contribution in [1.82, 2.24) is 39.7 Å². The highest BCUT2D eigenvalue weighted by molar-refractivity contribution is 6.28. The minimum absolute atomic E-state index is 0.0857. The number of nitrogens with zero attached hydrogens (tertiary/aromatic N) is 8. The van der Waals surface area contributed by atoms with Gasteiger partial charge in [0.2, 0.25) is 35.0 Å². The van der Waals surface area contributed by atoms with E-state index in [9.17, 15) is 8.78 Å². The maximum Gasteiger partial charge on any atom is 0.233 e. The van der Waals surface area contributed by atoms with Crippen LogP contribution in [0.4, 0.5) is 49.9 Å². The number of aromatic nitrogens is 6. The summed E-state index contributed by atoms with van der Waals surface area (Å²) in [7, 11) is 2.87. The van der Waals surface area contributed by atoms with Crippen molar-refractivity contribution in [2.45, 2.75) is 141 Å². The molecule has 16 nitrogen and oxygen atoms in total. The molecule has 0 radical (unpaired) electrons. The van der Waals surface area contributed by atoms with Crippen LogP contribution in [0.2, 0.25) is 5.28 Å². The number of ether oxygens (including phenoxy) is 2. The molecule has 2 aliphatic heterocycles. The topological polar surface area (TPSA) is 188 Å². The summed E-state index contributed by atoms with van der Waals surface area (Å²) < 4.78 is 37.9. The lowest BCUT2D eigenvalue weighted by atomic mass is 10.1. The molecule has 4 fully saturated rings. The van der Waals surface area contributed by atoms with Crippen LogP contribution >= 0.6 is 11.6 Å². The Kier molecular flexibility index (Phi) is 20.9. The number of likely N-dealkylation sites (tertiary alicyclic amines) is 2. The van der Waals surface area contributed by atoms with E-state index in [1.165, 1.54) is 123 Å². The van der Waals surface area contributed by atoms with Gasteiger partial charge in [0.15, 0.2) is 23.1 Å². The van der Waals surface area contributed by atoms with Crippen LogP contribution in [0.5, 0.6) is 11.5 Å². The van der Waals surface area contributed by atoms with E-state index in [2.05, 4.69) is 80.1 Å². The molecule has 2 aromatic carbocycles. The average molecular weight is 952 g/mol. The highest BCUT2D eigenvalue weighted by atomic mass is 35.5. The second-order valence-corrected chi connectivity index (χ2v) is 18.0. The number of halogens is 3. The number of nitrogens with one attached hydrogen (secondary N) is 5. The minimum Gasteiger partial charge on any atom is -0.494 e. The SMILES string of the molecule is CCN1CCCC1CN.CCN1CCCC1CNc1nc(Nc2ccc(OC)c(F)c2)nc(NC2CCCCCC2)n1.COc1ccc(Nc2nc(Cl)nc(NC3CCCCCC3)n2)cc1F. The summed E-state index contributed by atoms with van der Waals surface area (Å²) in [6, 6.07) is 11.1. The molecule has 7 N–H and O–H groups in total. The lowest BCUT2D eigenvalue weighted by Gasteiger charge is -2.23. The lowest BCUT2D eigenvalue weighted by molar-refractivity contribution is 0.272. The normalized spacial score (nSPS) is 19.5. The highest BCUT2D eigenvalue weighted by Gasteiger charge is 2.24. The standard InChI is InChI=1S/C24H36FN7O.C17H21ClFN5O.C7H16N2/c1-3-32-14-8-11-19(32)16-26-22-29-23(27-17-9-6-4-5-7-10-17)31-24(30-22)28-18-12-13-21(33-2)20(25)15-18;1-25-14-9-8-12(10-13(14)19)21-17-23-15(18)22-16(24-17)20-11-6-4-2-3-5-7-11;1-2-9-5-3-4-7(9)6-8/h12-13,15,17,19H,3-11,14,16H2,1-2H3,(H3,26,27,28,29,30,31);8-11H,2-7H2,1H3,(H2,20,21,22,23,24);7H,2-6,8H2,1H3. The van der Waals surface area contributed by atoms with Crippen molar-refractivity contribution in [2.24, 2.45) is 5.73 Å². The molecular weight excluding hydrogens is 878 g/mol. The van der Waals surface area contributed by atoms with Crippen LogP contribution < -0.4 is 41.8 Å². The Bertz CT molecular complexity index is 2080. The summed E-state index contributed by atoms with van der Waals surface area (Å²) in [5, 5.41) is 16.4. The minimum atomic E-state index is -0.468. The van der Waals surface area contributed by atoms with Gasteiger partial charge in [0.05, 0.1) is 14.2 Å². The first kappa shape index (κ1) is 51.5. The first-order chi connectivity index (χ1) is 32.7. The molecule has 2 aromatic heterocycles. The van der Waals surface area contributed by atoms with Crippen molar-refractivity contribution in [1.29, 1.82) is 0 Å². The van der Waals surface area contributed by atoms with Gasteiger partial charge in [-0.3, -0.25) is 9.80 Å². The zero-order valence-electron chi connectivity index (χ0n) is 39.9. The number of rotatable bonds is 16. The summed E-state index contributed by atoms with van der Waals surface area (Å²) in [6.45, 7) is 10.7. The molecule has 2 saturated heterocycles. The molecule has 2 atom stereocenters. The van der Waals surface area contributed by atoms with Gasteiger partial charge in [0, 0.05) is 60.8 Å². The van der Waals surface area contributed by atoms with E-state index in [1.807, 2.05) is 0 Å². The largest absolute Gasteiger partial charge is 0.494 e. The summed E-state index contributed by atoms with van der Waals surface area (Å²) >= 11 is 6.01. The average Bonchev–Trinajstić information content (AvgIpc) is 3.82. The van der Waals surface area contributed by atoms with Gasteiger partial charge in [0.25, 0.3) is 0 Å². The van der Waals surface area contributed by atoms with Crippen molar-refractivity contribution in [3.8, 4) is 11.5 Å². The Hall–Kier alpha value is -4.91. The second kappa shape index (κ2) is 27.2. The maximum absolute atomic E-state index is 14.2. The van der Waals surface area contributed by atoms with Gasteiger partial charge >= 0.3 is 0 Å². The van der Waals surface area contributed by atoms with Crippen LogP contribution in [0, 0.1) is 11.6 Å². The van der Waals surface area contributed by atoms with E-state index in [0.29, 0.717) is 59.3 Å². The molecule has 368 valence electrons. The smallest absolute Gasteiger partial charge is 0.233 e. The molecule has 8 rings (SSSR count). The molecule has 4 heterocycles. The molecule has 2 aliphatic carbocycles. The zero-order valence-corrected chi connectivity index (χ0v) is 40.7. The first-order valence-corrected chi connectivity index (χ1v) is 24.9. The monoisotopic (exact) mass is 951 g/mol. The lowest BCUT2D eigenvalue weighted by Crippen LogP contribution is -2.35. The van der Waals surface area contributed by atoms with Crippen LogP contribution in [-0.4, -0.2) is 117 Å². The molecule has 0 bridgehead atoms. The molecule has 4 aliphatic rings. The van der Waals surface area contributed by atoms with Crippen LogP contribution in [0.15, 0.2) is 36.4 Å². The van der Waals surface area contributed by atoms with Gasteiger partial charge in [-0.15, -0.1) is 0 Å². The molecule has 4 aromatic rings. The molecule has 67 heavy (non-hydrogen) atoms. The van der Waals surface area contributed by atoms with E-state index >= 15 is 0 Å². The van der Waals surface area contributed by atoms with Crippen LogP contribution in [0.3, 0.4) is 0 Å². The fourth-order valence-corrected chi connectivity index (χ4v) is 9.50. The highest BCUT2D eigenvalue weighted by Crippen LogP contribution is 2.27. The van der Waals surface area contributed by atoms with Crippen molar-refractivity contribution in [2.75, 3.05) is 80.1 Å². The number of anilines is 7. The molecule has 2 unspecified atom stereocenters. The fourth-order valence-electron chi connectivity index (χ4n) is 9.34. The third-order valence-corrected chi connectivity index (χ3v) is 13.2. The predicted molar refractivity (Wildman–Crippen MR) is 265 cm³/mol. The van der Waals surface area contributed by atoms with E-state index in [0.717, 1.165) is 51.9 Å². The van der Waals surface area contributed by atoms with E-state index < -0.39 is 11.6 Å². The van der Waals surface area contributed by atoms with Gasteiger partial charge in [-0.05, 0) is 113 Å². The van der Waals surface area contributed by atoms with E-state index in [-0.39, 0.29) is 22.7 Å². The number of methoxy groups -OCH3 is 2. The Balaban J connectivity index is 0.000000191. The van der Waals surface area contributed by atoms with Gasteiger partial charge in [-0.1, -0.05) is 65.2 Å². The number of likely N-dealkylation sites (N-methyl/N-ethyl adjacent to an activating group) is 2. The van der Waals surface area contributed by atoms with Crippen LogP contribution in [0.25, 0.3) is 0 Å². The molecule has 2 saturated carbocycles. The van der Waals surface area contributed by atoms with E-state index in [1.54, 1.807) is 18.2 Å². The molecular formula is C48H73ClF2N14O2. The third kappa shape index (κ3) is 16.4. The van der Waals surface area contributed by atoms with Gasteiger partial charge in [-0.2, -0.15) is 29.9 Å². The second-order valence-electron chi connectivity index (χ2n) is 17.6. The summed E-state index contributed by atoms with van der Waals surface area (Å²) in [6.07, 6.45) is 19.4. The Morgan fingerprint density at radius 3 is 1.48 bits per heavy atom. The van der Waals surface area contributed by atoms with Crippen LogP contribution in [-0.2, 0) is 0 Å². The van der Waals surface area contributed by atoms with Crippen molar-refractivity contribution >= 4 is 52.7 Å². The number of benzene rings is 2. The number of hydrogen-bond donors (Lipinski definition) is 6. The Morgan fingerprint density at radius 1 is 0.582 bits per heavy atom. The van der Waals surface area contributed by atoms with Gasteiger partial charge in [0.1, 0.15) is 0 Å². The Morgan fingerprint density at radius 2 is 1.01 bits per heavy atom. The quantitative estimate of drug-likeness (QED) is 0.0582. The fraction of sp³-hybridized carbons (Fsp3) is 0.625. The van der Waals surface area contributed by atoms with Crippen molar-refractivity contribution < 1.29 is 18.3 Å². The summed E-state index contributed by atoms with van der Waals surface area (Å²) in [4.78, 5) is 31.3. The number of nitrogens with two attached hydrogens (primary N) is 1.